The number of aromatic carboxylic acids is 1. The third-order valence-corrected chi connectivity index (χ3v) is 3.48. The number of benzene rings is 1. The molecule has 2 N–H and O–H groups in total. The van der Waals surface area contributed by atoms with E-state index < -0.39 is 5.97 Å². The standard InChI is InChI=1S/C16H19NO3/c1-9-8-14(12(4)20-9)11(3)17-15-7-5-6-13(10(15)2)16(18)19/h5-8,11,17H,1-4H3,(H,18,19). The Hall–Kier alpha value is -2.23. The van der Waals surface area contributed by atoms with Gasteiger partial charge in [-0.3, -0.25) is 0 Å². The largest absolute Gasteiger partial charge is 0.478 e. The van der Waals surface area contributed by atoms with Gasteiger partial charge in [0.1, 0.15) is 11.5 Å². The summed E-state index contributed by atoms with van der Waals surface area (Å²) >= 11 is 0. The molecule has 106 valence electrons. The molecule has 0 fully saturated rings. The van der Waals surface area contributed by atoms with Gasteiger partial charge in [0, 0.05) is 11.3 Å². The lowest BCUT2D eigenvalue weighted by molar-refractivity contribution is 0.0696. The van der Waals surface area contributed by atoms with E-state index in [1.807, 2.05) is 39.8 Å². The van der Waals surface area contributed by atoms with E-state index in [0.717, 1.165) is 28.3 Å². The fourth-order valence-electron chi connectivity index (χ4n) is 2.42. The van der Waals surface area contributed by atoms with Crippen molar-refractivity contribution in [2.75, 3.05) is 5.32 Å². The first kappa shape index (κ1) is 14.2. The first-order valence-corrected chi connectivity index (χ1v) is 6.56. The first-order valence-electron chi connectivity index (χ1n) is 6.56. The molecule has 0 spiro atoms. The van der Waals surface area contributed by atoms with Gasteiger partial charge in [0.05, 0.1) is 11.6 Å². The van der Waals surface area contributed by atoms with Crippen molar-refractivity contribution in [1.82, 2.24) is 0 Å². The van der Waals surface area contributed by atoms with Gasteiger partial charge in [-0.25, -0.2) is 4.79 Å². The van der Waals surface area contributed by atoms with Crippen LogP contribution in [0.2, 0.25) is 0 Å². The Balaban J connectivity index is 2.28. The molecule has 1 unspecified atom stereocenters. The quantitative estimate of drug-likeness (QED) is 0.881. The van der Waals surface area contributed by atoms with Gasteiger partial charge in [0.15, 0.2) is 0 Å². The number of carboxylic acid groups (broad SMARTS) is 1. The average molecular weight is 273 g/mol. The Morgan fingerprint density at radius 1 is 1.30 bits per heavy atom. The van der Waals surface area contributed by atoms with E-state index in [-0.39, 0.29) is 6.04 Å². The second-order valence-electron chi connectivity index (χ2n) is 5.02. The number of hydrogen-bond acceptors (Lipinski definition) is 3. The zero-order chi connectivity index (χ0) is 14.9. The van der Waals surface area contributed by atoms with Crippen LogP contribution >= 0.6 is 0 Å². The number of nitrogens with one attached hydrogen (secondary N) is 1. The zero-order valence-corrected chi connectivity index (χ0v) is 12.2. The molecule has 4 heteroatoms. The van der Waals surface area contributed by atoms with Gasteiger partial charge in [0.25, 0.3) is 0 Å². The molecule has 1 atom stereocenters. The van der Waals surface area contributed by atoms with Crippen LogP contribution in [-0.2, 0) is 0 Å². The summed E-state index contributed by atoms with van der Waals surface area (Å²) < 4.78 is 5.53. The van der Waals surface area contributed by atoms with Crippen LogP contribution in [0.15, 0.2) is 28.7 Å². The second-order valence-corrected chi connectivity index (χ2v) is 5.02. The summed E-state index contributed by atoms with van der Waals surface area (Å²) in [5.74, 6) is 0.853. The van der Waals surface area contributed by atoms with Crippen LogP contribution in [0.3, 0.4) is 0 Å². The van der Waals surface area contributed by atoms with Crippen LogP contribution in [0.1, 0.15) is 46.0 Å². The summed E-state index contributed by atoms with van der Waals surface area (Å²) in [5.41, 5.74) is 2.98. The minimum absolute atomic E-state index is 0.0511. The molecular formula is C16H19NO3. The molecule has 0 amide bonds. The third-order valence-electron chi connectivity index (χ3n) is 3.48. The summed E-state index contributed by atoms with van der Waals surface area (Å²) in [6, 6.07) is 7.30. The van der Waals surface area contributed by atoms with Crippen molar-refractivity contribution in [3.8, 4) is 0 Å². The predicted octanol–water partition coefficient (Wildman–Crippen LogP) is 4.08. The topological polar surface area (TPSA) is 62.5 Å². The van der Waals surface area contributed by atoms with Crippen molar-refractivity contribution in [3.05, 3.63) is 52.5 Å². The lowest BCUT2D eigenvalue weighted by atomic mass is 10.0. The molecule has 0 aliphatic rings. The highest BCUT2D eigenvalue weighted by molar-refractivity contribution is 5.91. The Kier molecular flexibility index (Phi) is 3.84. The molecule has 0 saturated heterocycles. The second kappa shape index (κ2) is 5.41. The van der Waals surface area contributed by atoms with Crippen molar-refractivity contribution in [2.45, 2.75) is 33.7 Å². The van der Waals surface area contributed by atoms with Gasteiger partial charge in [0.2, 0.25) is 0 Å². The van der Waals surface area contributed by atoms with E-state index in [1.165, 1.54) is 0 Å². The first-order chi connectivity index (χ1) is 9.40. The number of hydrogen-bond donors (Lipinski definition) is 2. The highest BCUT2D eigenvalue weighted by atomic mass is 16.4. The maximum absolute atomic E-state index is 11.1. The summed E-state index contributed by atoms with van der Waals surface area (Å²) in [5, 5.41) is 12.5. The van der Waals surface area contributed by atoms with Crippen LogP contribution < -0.4 is 5.32 Å². The van der Waals surface area contributed by atoms with Crippen LogP contribution in [0.25, 0.3) is 0 Å². The summed E-state index contributed by atoms with van der Waals surface area (Å²) in [4.78, 5) is 11.1. The summed E-state index contributed by atoms with van der Waals surface area (Å²) in [6.07, 6.45) is 0. The molecule has 1 aromatic heterocycles. The molecule has 0 aliphatic carbocycles. The smallest absolute Gasteiger partial charge is 0.336 e. The lowest BCUT2D eigenvalue weighted by Gasteiger charge is -2.17. The maximum atomic E-state index is 11.1. The number of rotatable bonds is 4. The zero-order valence-electron chi connectivity index (χ0n) is 12.2. The van der Waals surface area contributed by atoms with Gasteiger partial charge < -0.3 is 14.8 Å². The van der Waals surface area contributed by atoms with Crippen molar-refractivity contribution >= 4 is 11.7 Å². The summed E-state index contributed by atoms with van der Waals surface area (Å²) in [6.45, 7) is 7.69. The molecule has 2 rings (SSSR count). The fourth-order valence-corrected chi connectivity index (χ4v) is 2.42. The average Bonchev–Trinajstić information content (AvgIpc) is 2.70. The van der Waals surface area contributed by atoms with Crippen molar-refractivity contribution in [3.63, 3.8) is 0 Å². The lowest BCUT2D eigenvalue weighted by Crippen LogP contribution is -2.10. The minimum Gasteiger partial charge on any atom is -0.478 e. The van der Waals surface area contributed by atoms with E-state index >= 15 is 0 Å². The number of anilines is 1. The van der Waals surface area contributed by atoms with Gasteiger partial charge in [-0.2, -0.15) is 0 Å². The monoisotopic (exact) mass is 273 g/mol. The van der Waals surface area contributed by atoms with E-state index in [4.69, 9.17) is 9.52 Å². The summed E-state index contributed by atoms with van der Waals surface area (Å²) in [7, 11) is 0. The molecule has 0 radical (unpaired) electrons. The Labute approximate surface area is 118 Å². The molecule has 0 bridgehead atoms. The highest BCUT2D eigenvalue weighted by Crippen LogP contribution is 2.27. The SMILES string of the molecule is Cc1cc(C(C)Nc2cccc(C(=O)O)c2C)c(C)o1. The number of carbonyl (C=O) groups is 1. The highest BCUT2D eigenvalue weighted by Gasteiger charge is 2.15. The van der Waals surface area contributed by atoms with Crippen LogP contribution in [0.4, 0.5) is 5.69 Å². The maximum Gasteiger partial charge on any atom is 0.336 e. The van der Waals surface area contributed by atoms with Crippen LogP contribution in [-0.4, -0.2) is 11.1 Å². The van der Waals surface area contributed by atoms with Gasteiger partial charge >= 0.3 is 5.97 Å². The molecule has 4 nitrogen and oxygen atoms in total. The van der Waals surface area contributed by atoms with E-state index in [9.17, 15) is 4.79 Å². The van der Waals surface area contributed by atoms with E-state index in [0.29, 0.717) is 5.56 Å². The third kappa shape index (κ3) is 2.69. The minimum atomic E-state index is -0.908. The van der Waals surface area contributed by atoms with E-state index in [1.54, 1.807) is 12.1 Å². The molecule has 2 aromatic rings. The molecular weight excluding hydrogens is 254 g/mol. The molecule has 20 heavy (non-hydrogen) atoms. The Morgan fingerprint density at radius 3 is 2.55 bits per heavy atom. The van der Waals surface area contributed by atoms with Gasteiger partial charge in [-0.15, -0.1) is 0 Å². The predicted molar refractivity (Wildman–Crippen MR) is 78.4 cm³/mol. The molecule has 0 saturated carbocycles. The molecule has 1 heterocycles. The number of furan rings is 1. The number of carboxylic acids is 1. The van der Waals surface area contributed by atoms with Crippen molar-refractivity contribution in [1.29, 1.82) is 0 Å². The van der Waals surface area contributed by atoms with E-state index in [2.05, 4.69) is 5.32 Å². The van der Waals surface area contributed by atoms with Crippen molar-refractivity contribution < 1.29 is 14.3 Å². The normalized spacial score (nSPS) is 12.2. The molecule has 0 aliphatic heterocycles. The van der Waals surface area contributed by atoms with Crippen LogP contribution in [0.5, 0.6) is 0 Å². The Morgan fingerprint density at radius 2 is 2.00 bits per heavy atom. The number of aryl methyl sites for hydroxylation is 2. The van der Waals surface area contributed by atoms with Gasteiger partial charge in [-0.1, -0.05) is 6.07 Å². The van der Waals surface area contributed by atoms with Gasteiger partial charge in [-0.05, 0) is 51.5 Å². The van der Waals surface area contributed by atoms with Crippen molar-refractivity contribution in [2.24, 2.45) is 0 Å². The van der Waals surface area contributed by atoms with Crippen LogP contribution in [0, 0.1) is 20.8 Å². The fraction of sp³-hybridized carbons (Fsp3) is 0.312. The molecule has 1 aromatic carbocycles. The Bertz CT molecular complexity index is 643.